The molecule has 3 aromatic rings. The minimum atomic E-state index is -3.67. The summed E-state index contributed by atoms with van der Waals surface area (Å²) in [6.45, 7) is 1.89. The zero-order valence-electron chi connectivity index (χ0n) is 16.1. The van der Waals surface area contributed by atoms with Crippen LogP contribution in [0.2, 0.25) is 0 Å². The Kier molecular flexibility index (Phi) is 6.19. The number of carbonyl (C=O) groups is 1. The lowest BCUT2D eigenvalue weighted by atomic mass is 10.1. The second-order valence-electron chi connectivity index (χ2n) is 6.46. The highest BCUT2D eigenvalue weighted by atomic mass is 32.2. The summed E-state index contributed by atoms with van der Waals surface area (Å²) >= 11 is 0. The summed E-state index contributed by atoms with van der Waals surface area (Å²) in [6.07, 6.45) is 0. The molecule has 0 saturated heterocycles. The first-order valence-corrected chi connectivity index (χ1v) is 10.5. The van der Waals surface area contributed by atoms with Crippen LogP contribution in [-0.2, 0) is 10.0 Å². The molecule has 2 N–H and O–H groups in total. The first-order valence-electron chi connectivity index (χ1n) is 9.02. The van der Waals surface area contributed by atoms with Gasteiger partial charge < -0.3 is 10.1 Å². The minimum absolute atomic E-state index is 0.176. The van der Waals surface area contributed by atoms with Gasteiger partial charge >= 0.3 is 0 Å². The predicted octanol–water partition coefficient (Wildman–Crippen LogP) is 3.99. The molecular formula is C22H22N2O4S. The van der Waals surface area contributed by atoms with Crippen molar-refractivity contribution in [2.45, 2.75) is 17.9 Å². The van der Waals surface area contributed by atoms with Crippen LogP contribution in [-0.4, -0.2) is 21.4 Å². The third kappa shape index (κ3) is 5.14. The topological polar surface area (TPSA) is 84.5 Å². The Hall–Kier alpha value is -3.32. The molecular weight excluding hydrogens is 388 g/mol. The standard InChI is InChI=1S/C22H22N2O4S/c1-16(17-10-14-20(28-2)15-11-17)23-22(25)18-8-12-19(13-9-18)24-29(26,27)21-6-4-3-5-7-21/h3-16,24H,1-2H3,(H,23,25). The highest BCUT2D eigenvalue weighted by Gasteiger charge is 2.15. The number of hydrogen-bond donors (Lipinski definition) is 2. The van der Waals surface area contributed by atoms with Crippen LogP contribution >= 0.6 is 0 Å². The van der Waals surface area contributed by atoms with Gasteiger partial charge in [0.1, 0.15) is 5.75 Å². The number of carbonyl (C=O) groups excluding carboxylic acids is 1. The molecule has 6 nitrogen and oxygen atoms in total. The lowest BCUT2D eigenvalue weighted by molar-refractivity contribution is 0.0940. The van der Waals surface area contributed by atoms with E-state index in [1.165, 1.54) is 12.1 Å². The summed E-state index contributed by atoms with van der Waals surface area (Å²) in [6, 6.07) is 21.7. The number of anilines is 1. The smallest absolute Gasteiger partial charge is 0.261 e. The number of ether oxygens (including phenoxy) is 1. The van der Waals surface area contributed by atoms with Gasteiger partial charge in [0.05, 0.1) is 18.0 Å². The van der Waals surface area contributed by atoms with E-state index in [9.17, 15) is 13.2 Å². The van der Waals surface area contributed by atoms with E-state index in [0.29, 0.717) is 11.3 Å². The van der Waals surface area contributed by atoms with E-state index in [-0.39, 0.29) is 16.8 Å². The third-order valence-electron chi connectivity index (χ3n) is 4.42. The van der Waals surface area contributed by atoms with Crippen molar-refractivity contribution in [3.8, 4) is 5.75 Å². The lowest BCUT2D eigenvalue weighted by Gasteiger charge is -2.15. The van der Waals surface area contributed by atoms with Gasteiger partial charge in [0.15, 0.2) is 0 Å². The van der Waals surface area contributed by atoms with Gasteiger partial charge in [0.2, 0.25) is 0 Å². The Morgan fingerprint density at radius 3 is 2.10 bits per heavy atom. The molecule has 1 amide bonds. The summed E-state index contributed by atoms with van der Waals surface area (Å²) in [5, 5.41) is 2.93. The normalized spacial score (nSPS) is 12.1. The van der Waals surface area contributed by atoms with Crippen molar-refractivity contribution in [3.05, 3.63) is 90.0 Å². The molecule has 0 saturated carbocycles. The Bertz CT molecular complexity index is 1060. The zero-order valence-corrected chi connectivity index (χ0v) is 16.9. The zero-order chi connectivity index (χ0) is 20.9. The van der Waals surface area contributed by atoms with Crippen molar-refractivity contribution in [3.63, 3.8) is 0 Å². The molecule has 0 fully saturated rings. The number of hydrogen-bond acceptors (Lipinski definition) is 4. The van der Waals surface area contributed by atoms with Gasteiger partial charge in [-0.3, -0.25) is 9.52 Å². The minimum Gasteiger partial charge on any atom is -0.497 e. The van der Waals surface area contributed by atoms with Crippen LogP contribution in [0.3, 0.4) is 0 Å². The molecule has 3 rings (SSSR count). The van der Waals surface area contributed by atoms with Crippen LogP contribution in [0.25, 0.3) is 0 Å². The van der Waals surface area contributed by atoms with E-state index in [2.05, 4.69) is 10.0 Å². The third-order valence-corrected chi connectivity index (χ3v) is 5.81. The van der Waals surface area contributed by atoms with Crippen molar-refractivity contribution < 1.29 is 17.9 Å². The van der Waals surface area contributed by atoms with E-state index in [1.807, 2.05) is 31.2 Å². The SMILES string of the molecule is COc1ccc(C(C)NC(=O)c2ccc(NS(=O)(=O)c3ccccc3)cc2)cc1. The lowest BCUT2D eigenvalue weighted by Crippen LogP contribution is -2.26. The van der Waals surface area contributed by atoms with E-state index in [0.717, 1.165) is 11.3 Å². The van der Waals surface area contributed by atoms with Crippen LogP contribution < -0.4 is 14.8 Å². The number of benzene rings is 3. The highest BCUT2D eigenvalue weighted by molar-refractivity contribution is 7.92. The van der Waals surface area contributed by atoms with E-state index in [4.69, 9.17) is 4.74 Å². The number of nitrogens with one attached hydrogen (secondary N) is 2. The van der Waals surface area contributed by atoms with Crippen LogP contribution in [0.5, 0.6) is 5.75 Å². The Labute approximate surface area is 170 Å². The van der Waals surface area contributed by atoms with Gasteiger partial charge in [-0.05, 0) is 61.0 Å². The van der Waals surface area contributed by atoms with Crippen LogP contribution in [0.15, 0.2) is 83.8 Å². The molecule has 0 radical (unpaired) electrons. The van der Waals surface area contributed by atoms with Gasteiger partial charge in [-0.25, -0.2) is 8.42 Å². The van der Waals surface area contributed by atoms with Gasteiger partial charge in [-0.1, -0.05) is 30.3 Å². The fraction of sp³-hybridized carbons (Fsp3) is 0.136. The van der Waals surface area contributed by atoms with E-state index >= 15 is 0 Å². The Morgan fingerprint density at radius 1 is 0.897 bits per heavy atom. The Morgan fingerprint density at radius 2 is 1.52 bits per heavy atom. The first kappa shape index (κ1) is 20.4. The monoisotopic (exact) mass is 410 g/mol. The number of amides is 1. The second kappa shape index (κ2) is 8.79. The fourth-order valence-corrected chi connectivity index (χ4v) is 3.84. The average molecular weight is 410 g/mol. The first-order chi connectivity index (χ1) is 13.9. The molecule has 29 heavy (non-hydrogen) atoms. The van der Waals surface area contributed by atoms with Gasteiger partial charge in [0.25, 0.3) is 15.9 Å². The van der Waals surface area contributed by atoms with Gasteiger partial charge in [0, 0.05) is 11.3 Å². The quantitative estimate of drug-likeness (QED) is 0.617. The van der Waals surface area contributed by atoms with Gasteiger partial charge in [-0.2, -0.15) is 0 Å². The molecule has 150 valence electrons. The molecule has 0 spiro atoms. The molecule has 0 aliphatic heterocycles. The summed E-state index contributed by atoms with van der Waals surface area (Å²) in [5.74, 6) is 0.506. The summed E-state index contributed by atoms with van der Waals surface area (Å²) < 4.78 is 32.4. The van der Waals surface area contributed by atoms with Crippen molar-refractivity contribution in [2.75, 3.05) is 11.8 Å². The predicted molar refractivity (Wildman–Crippen MR) is 113 cm³/mol. The molecule has 0 aromatic heterocycles. The molecule has 0 aliphatic carbocycles. The molecule has 1 atom stereocenters. The second-order valence-corrected chi connectivity index (χ2v) is 8.15. The summed E-state index contributed by atoms with van der Waals surface area (Å²) in [7, 11) is -2.07. The maximum atomic E-state index is 12.5. The molecule has 3 aromatic carbocycles. The molecule has 0 aliphatic rings. The van der Waals surface area contributed by atoms with Crippen molar-refractivity contribution in [1.82, 2.24) is 5.32 Å². The summed E-state index contributed by atoms with van der Waals surface area (Å²) in [5.41, 5.74) is 1.77. The van der Waals surface area contributed by atoms with E-state index in [1.54, 1.807) is 49.6 Å². The van der Waals surface area contributed by atoms with E-state index < -0.39 is 10.0 Å². The molecule has 0 heterocycles. The highest BCUT2D eigenvalue weighted by Crippen LogP contribution is 2.19. The number of rotatable bonds is 7. The molecule has 0 bridgehead atoms. The number of methoxy groups -OCH3 is 1. The van der Waals surface area contributed by atoms with Crippen molar-refractivity contribution in [2.24, 2.45) is 0 Å². The maximum Gasteiger partial charge on any atom is 0.261 e. The largest absolute Gasteiger partial charge is 0.497 e. The van der Waals surface area contributed by atoms with Crippen LogP contribution in [0.1, 0.15) is 28.9 Å². The fourth-order valence-electron chi connectivity index (χ4n) is 2.76. The number of sulfonamides is 1. The maximum absolute atomic E-state index is 12.5. The van der Waals surface area contributed by atoms with Crippen molar-refractivity contribution in [1.29, 1.82) is 0 Å². The molecule has 1 unspecified atom stereocenters. The van der Waals surface area contributed by atoms with Gasteiger partial charge in [-0.15, -0.1) is 0 Å². The average Bonchev–Trinajstić information content (AvgIpc) is 2.74. The van der Waals surface area contributed by atoms with Crippen LogP contribution in [0, 0.1) is 0 Å². The summed E-state index contributed by atoms with van der Waals surface area (Å²) in [4.78, 5) is 12.7. The Balaban J connectivity index is 1.65. The molecule has 7 heteroatoms. The van der Waals surface area contributed by atoms with Crippen LogP contribution in [0.4, 0.5) is 5.69 Å². The van der Waals surface area contributed by atoms with Crippen molar-refractivity contribution >= 4 is 21.6 Å².